The van der Waals surface area contributed by atoms with Crippen LogP contribution in [0.5, 0.6) is 0 Å². The number of nitrogens with zero attached hydrogens (tertiary/aromatic N) is 1. The van der Waals surface area contributed by atoms with Crippen LogP contribution in [0.1, 0.15) is 29.9 Å². The van der Waals surface area contributed by atoms with Crippen LogP contribution in [0, 0.1) is 0 Å². The lowest BCUT2D eigenvalue weighted by atomic mass is 9.89. The topological polar surface area (TPSA) is 61.4 Å². The second-order valence-electron chi connectivity index (χ2n) is 7.29. The van der Waals surface area contributed by atoms with Gasteiger partial charge < -0.3 is 15.5 Å². The lowest BCUT2D eigenvalue weighted by Crippen LogP contribution is -2.60. The average Bonchev–Trinajstić information content (AvgIpc) is 3.54. The summed E-state index contributed by atoms with van der Waals surface area (Å²) < 4.78 is 0. The Morgan fingerprint density at radius 3 is 2.11 bits per heavy atom. The molecule has 0 bridgehead atoms. The van der Waals surface area contributed by atoms with Crippen LogP contribution < -0.4 is 10.6 Å². The van der Waals surface area contributed by atoms with Crippen molar-refractivity contribution in [3.8, 4) is 0 Å². The summed E-state index contributed by atoms with van der Waals surface area (Å²) in [5.41, 5.74) is 1.90. The molecule has 0 radical (unpaired) electrons. The van der Waals surface area contributed by atoms with E-state index in [9.17, 15) is 9.59 Å². The van der Waals surface area contributed by atoms with Crippen LogP contribution in [0.25, 0.3) is 0 Å². The predicted molar refractivity (Wildman–Crippen MR) is 104 cm³/mol. The van der Waals surface area contributed by atoms with E-state index in [-0.39, 0.29) is 17.9 Å². The maximum absolute atomic E-state index is 13.6. The van der Waals surface area contributed by atoms with E-state index in [1.165, 1.54) is 0 Å². The SMILES string of the molecule is O=C(NC1CC1)[C@@H]1CNCCN1C(=O)C(c1ccccc1)c1ccccc1. The maximum Gasteiger partial charge on any atom is 0.244 e. The van der Waals surface area contributed by atoms with Crippen LogP contribution in [0.2, 0.25) is 0 Å². The number of carbonyl (C=O) groups is 2. The molecule has 1 saturated heterocycles. The van der Waals surface area contributed by atoms with E-state index in [1.807, 2.05) is 60.7 Å². The molecule has 0 aromatic heterocycles. The highest BCUT2D eigenvalue weighted by Gasteiger charge is 2.38. The summed E-state index contributed by atoms with van der Waals surface area (Å²) in [7, 11) is 0. The van der Waals surface area contributed by atoms with Gasteiger partial charge in [-0.2, -0.15) is 0 Å². The molecule has 1 aliphatic carbocycles. The highest BCUT2D eigenvalue weighted by molar-refractivity contribution is 5.93. The molecule has 27 heavy (non-hydrogen) atoms. The smallest absolute Gasteiger partial charge is 0.244 e. The second-order valence-corrected chi connectivity index (χ2v) is 7.29. The van der Waals surface area contributed by atoms with Crippen LogP contribution >= 0.6 is 0 Å². The first-order valence-electron chi connectivity index (χ1n) is 9.65. The van der Waals surface area contributed by atoms with E-state index >= 15 is 0 Å². The van der Waals surface area contributed by atoms with Crippen molar-refractivity contribution in [2.75, 3.05) is 19.6 Å². The van der Waals surface area contributed by atoms with Crippen LogP contribution in [-0.2, 0) is 9.59 Å². The molecule has 5 heteroatoms. The molecule has 0 unspecified atom stereocenters. The Hall–Kier alpha value is -2.66. The van der Waals surface area contributed by atoms with Gasteiger partial charge in [-0.25, -0.2) is 0 Å². The molecular weight excluding hydrogens is 338 g/mol. The molecular formula is C22H25N3O2. The molecule has 1 aliphatic heterocycles. The van der Waals surface area contributed by atoms with Gasteiger partial charge in [-0.3, -0.25) is 9.59 Å². The van der Waals surface area contributed by atoms with Crippen LogP contribution in [0.15, 0.2) is 60.7 Å². The van der Waals surface area contributed by atoms with Crippen molar-refractivity contribution in [3.63, 3.8) is 0 Å². The summed E-state index contributed by atoms with van der Waals surface area (Å²) in [6.45, 7) is 1.74. The Balaban J connectivity index is 1.64. The van der Waals surface area contributed by atoms with E-state index in [1.54, 1.807) is 4.90 Å². The molecule has 2 N–H and O–H groups in total. The molecule has 1 heterocycles. The average molecular weight is 363 g/mol. The Bertz CT molecular complexity index is 750. The number of hydrogen-bond donors (Lipinski definition) is 2. The summed E-state index contributed by atoms with van der Waals surface area (Å²) in [6.07, 6.45) is 2.08. The van der Waals surface area contributed by atoms with Gasteiger partial charge in [0.2, 0.25) is 11.8 Å². The third kappa shape index (κ3) is 4.03. The molecule has 140 valence electrons. The molecule has 2 amide bonds. The number of rotatable bonds is 5. The number of hydrogen-bond acceptors (Lipinski definition) is 3. The fourth-order valence-electron chi connectivity index (χ4n) is 3.66. The van der Waals surface area contributed by atoms with Crippen molar-refractivity contribution in [2.45, 2.75) is 30.8 Å². The Morgan fingerprint density at radius 2 is 1.56 bits per heavy atom. The summed E-state index contributed by atoms with van der Waals surface area (Å²) in [4.78, 5) is 28.1. The molecule has 2 fully saturated rings. The fourth-order valence-corrected chi connectivity index (χ4v) is 3.66. The van der Waals surface area contributed by atoms with Crippen molar-refractivity contribution >= 4 is 11.8 Å². The van der Waals surface area contributed by atoms with Crippen LogP contribution in [0.3, 0.4) is 0 Å². The molecule has 5 nitrogen and oxygen atoms in total. The summed E-state index contributed by atoms with van der Waals surface area (Å²) in [5, 5.41) is 6.31. The molecule has 4 rings (SSSR count). The first kappa shape index (κ1) is 17.7. The standard InChI is InChI=1S/C22H25N3O2/c26-21(24-18-11-12-18)19-15-23-13-14-25(19)22(27)20(16-7-3-1-4-8-16)17-9-5-2-6-10-17/h1-10,18-20,23H,11-15H2,(H,24,26)/t19-/m0/s1. The largest absolute Gasteiger partial charge is 0.352 e. The van der Waals surface area contributed by atoms with E-state index < -0.39 is 12.0 Å². The van der Waals surface area contributed by atoms with Crippen molar-refractivity contribution < 1.29 is 9.59 Å². The van der Waals surface area contributed by atoms with Crippen molar-refractivity contribution in [1.82, 2.24) is 15.5 Å². The van der Waals surface area contributed by atoms with E-state index in [4.69, 9.17) is 0 Å². The number of nitrogens with one attached hydrogen (secondary N) is 2. The van der Waals surface area contributed by atoms with Crippen molar-refractivity contribution in [2.24, 2.45) is 0 Å². The monoisotopic (exact) mass is 363 g/mol. The van der Waals surface area contributed by atoms with Gasteiger partial charge in [0.1, 0.15) is 6.04 Å². The maximum atomic E-state index is 13.6. The normalized spacial score (nSPS) is 19.7. The fraction of sp³-hybridized carbons (Fsp3) is 0.364. The zero-order chi connectivity index (χ0) is 18.6. The Morgan fingerprint density at radius 1 is 0.963 bits per heavy atom. The van der Waals surface area contributed by atoms with Crippen molar-refractivity contribution in [1.29, 1.82) is 0 Å². The Labute approximate surface area is 159 Å². The minimum atomic E-state index is -0.457. The number of benzene rings is 2. The van der Waals surface area contributed by atoms with E-state index in [2.05, 4.69) is 10.6 Å². The van der Waals surface area contributed by atoms with Gasteiger partial charge in [0.05, 0.1) is 5.92 Å². The quantitative estimate of drug-likeness (QED) is 0.853. The van der Waals surface area contributed by atoms with Crippen molar-refractivity contribution in [3.05, 3.63) is 71.8 Å². The first-order chi connectivity index (χ1) is 13.2. The summed E-state index contributed by atoms with van der Waals surface area (Å²) in [6, 6.07) is 19.5. The zero-order valence-electron chi connectivity index (χ0n) is 15.3. The molecule has 0 spiro atoms. The zero-order valence-corrected chi connectivity index (χ0v) is 15.3. The third-order valence-electron chi connectivity index (χ3n) is 5.27. The summed E-state index contributed by atoms with van der Waals surface area (Å²) in [5.74, 6) is -0.454. The number of piperazine rings is 1. The first-order valence-corrected chi connectivity index (χ1v) is 9.65. The molecule has 2 aromatic rings. The second kappa shape index (κ2) is 7.92. The van der Waals surface area contributed by atoms with Gasteiger partial charge >= 0.3 is 0 Å². The van der Waals surface area contributed by atoms with Gasteiger partial charge in [0.25, 0.3) is 0 Å². The number of carbonyl (C=O) groups excluding carboxylic acids is 2. The van der Waals surface area contributed by atoms with Gasteiger partial charge in [-0.05, 0) is 24.0 Å². The minimum absolute atomic E-state index is 0.00940. The molecule has 2 aliphatic rings. The molecule has 1 saturated carbocycles. The van der Waals surface area contributed by atoms with Gasteiger partial charge in [-0.15, -0.1) is 0 Å². The predicted octanol–water partition coefficient (Wildman–Crippen LogP) is 1.90. The lowest BCUT2D eigenvalue weighted by molar-refractivity contribution is -0.142. The number of amides is 2. The summed E-state index contributed by atoms with van der Waals surface area (Å²) >= 11 is 0. The van der Waals surface area contributed by atoms with Gasteiger partial charge in [-0.1, -0.05) is 60.7 Å². The van der Waals surface area contributed by atoms with Gasteiger partial charge in [0.15, 0.2) is 0 Å². The van der Waals surface area contributed by atoms with E-state index in [0.717, 1.165) is 24.0 Å². The van der Waals surface area contributed by atoms with Gasteiger partial charge in [0, 0.05) is 25.7 Å². The highest BCUT2D eigenvalue weighted by atomic mass is 16.2. The third-order valence-corrected chi connectivity index (χ3v) is 5.27. The van der Waals surface area contributed by atoms with Crippen LogP contribution in [-0.4, -0.2) is 48.4 Å². The lowest BCUT2D eigenvalue weighted by Gasteiger charge is -2.37. The Kier molecular flexibility index (Phi) is 5.21. The van der Waals surface area contributed by atoms with Crippen LogP contribution in [0.4, 0.5) is 0 Å². The van der Waals surface area contributed by atoms with E-state index in [0.29, 0.717) is 19.6 Å². The highest BCUT2D eigenvalue weighted by Crippen LogP contribution is 2.28. The molecule has 2 aromatic carbocycles. The molecule has 1 atom stereocenters. The minimum Gasteiger partial charge on any atom is -0.352 e.